The van der Waals surface area contributed by atoms with Crippen LogP contribution in [0.25, 0.3) is 0 Å². The molecule has 0 spiro atoms. The van der Waals surface area contributed by atoms with E-state index in [4.69, 9.17) is 5.73 Å². The smallest absolute Gasteiger partial charge is 0.236 e. The Hall–Kier alpha value is -1.43. The molecule has 6 nitrogen and oxygen atoms in total. The van der Waals surface area contributed by atoms with Gasteiger partial charge in [-0.1, -0.05) is 0 Å². The van der Waals surface area contributed by atoms with Crippen LogP contribution in [0.2, 0.25) is 0 Å². The van der Waals surface area contributed by atoms with Gasteiger partial charge in [0, 0.05) is 20.1 Å². The van der Waals surface area contributed by atoms with Crippen LogP contribution >= 0.6 is 0 Å². The lowest BCUT2D eigenvalue weighted by Gasteiger charge is -2.17. The first-order valence-corrected chi connectivity index (χ1v) is 4.85. The summed E-state index contributed by atoms with van der Waals surface area (Å²) in [6.07, 6.45) is 0. The minimum Gasteiger partial charge on any atom is -0.340 e. The molecule has 0 saturated carbocycles. The van der Waals surface area contributed by atoms with Crippen LogP contribution in [0.15, 0.2) is 0 Å². The van der Waals surface area contributed by atoms with Crippen molar-refractivity contribution in [2.24, 2.45) is 17.6 Å². The Morgan fingerprint density at radius 3 is 2.20 bits per heavy atom. The van der Waals surface area contributed by atoms with E-state index in [1.54, 1.807) is 0 Å². The van der Waals surface area contributed by atoms with Crippen molar-refractivity contribution in [3.8, 4) is 0 Å². The summed E-state index contributed by atoms with van der Waals surface area (Å²) >= 11 is 0. The number of nitrogens with zero attached hydrogens (tertiary/aromatic N) is 2. The van der Waals surface area contributed by atoms with Gasteiger partial charge >= 0.3 is 0 Å². The molecule has 0 aromatic rings. The number of likely N-dealkylation sites (tertiary alicyclic amines) is 2. The topological polar surface area (TPSA) is 83.7 Å². The predicted octanol–water partition coefficient (Wildman–Crippen LogP) is -1.98. The van der Waals surface area contributed by atoms with Crippen molar-refractivity contribution in [2.75, 3.05) is 26.7 Å². The minimum atomic E-state index is -0.349. The van der Waals surface area contributed by atoms with Crippen molar-refractivity contribution < 1.29 is 14.4 Å². The predicted molar refractivity (Wildman–Crippen MR) is 50.4 cm³/mol. The fourth-order valence-electron chi connectivity index (χ4n) is 2.24. The molecule has 82 valence electrons. The number of hydrogen-bond acceptors (Lipinski definition) is 4. The molecule has 2 N–H and O–H groups in total. The third-order valence-corrected chi connectivity index (χ3v) is 3.14. The third kappa shape index (κ3) is 1.32. The van der Waals surface area contributed by atoms with Crippen LogP contribution in [-0.4, -0.2) is 54.2 Å². The van der Waals surface area contributed by atoms with Crippen LogP contribution in [0.1, 0.15) is 0 Å². The zero-order chi connectivity index (χ0) is 11.2. The van der Waals surface area contributed by atoms with Gasteiger partial charge in [-0.05, 0) is 0 Å². The number of carbonyl (C=O) groups is 3. The lowest BCUT2D eigenvalue weighted by Crippen LogP contribution is -2.38. The lowest BCUT2D eigenvalue weighted by molar-refractivity contribution is -0.139. The number of fused-ring (bicyclic) bond motifs is 1. The van der Waals surface area contributed by atoms with Gasteiger partial charge in [-0.2, -0.15) is 0 Å². The van der Waals surface area contributed by atoms with E-state index >= 15 is 0 Å². The largest absolute Gasteiger partial charge is 0.340 e. The van der Waals surface area contributed by atoms with Gasteiger partial charge in [-0.3, -0.25) is 19.3 Å². The maximum atomic E-state index is 11.6. The Balaban J connectivity index is 2.15. The summed E-state index contributed by atoms with van der Waals surface area (Å²) in [5, 5.41) is 0. The Kier molecular flexibility index (Phi) is 2.22. The molecule has 0 bridgehead atoms. The highest BCUT2D eigenvalue weighted by molar-refractivity contribution is 6.06. The number of rotatable bonds is 1. The second kappa shape index (κ2) is 3.30. The van der Waals surface area contributed by atoms with E-state index in [1.807, 2.05) is 0 Å². The van der Waals surface area contributed by atoms with Crippen molar-refractivity contribution in [2.45, 2.75) is 0 Å². The zero-order valence-electron chi connectivity index (χ0n) is 8.47. The van der Waals surface area contributed by atoms with E-state index < -0.39 is 0 Å². The van der Waals surface area contributed by atoms with E-state index in [1.165, 1.54) is 11.9 Å². The molecule has 2 heterocycles. The van der Waals surface area contributed by atoms with Gasteiger partial charge in [0.2, 0.25) is 17.7 Å². The second-order valence-electron chi connectivity index (χ2n) is 3.95. The van der Waals surface area contributed by atoms with E-state index in [0.717, 1.165) is 4.90 Å². The number of amides is 3. The quantitative estimate of drug-likeness (QED) is 0.509. The van der Waals surface area contributed by atoms with Crippen LogP contribution in [0.4, 0.5) is 0 Å². The highest BCUT2D eigenvalue weighted by Gasteiger charge is 2.51. The number of hydrogen-bond donors (Lipinski definition) is 1. The molecule has 0 aromatic heterocycles. The van der Waals surface area contributed by atoms with Gasteiger partial charge in [-0.25, -0.2) is 0 Å². The average molecular weight is 211 g/mol. The first-order chi connectivity index (χ1) is 7.06. The van der Waals surface area contributed by atoms with Gasteiger partial charge in [0.05, 0.1) is 18.4 Å². The molecule has 2 fully saturated rings. The fraction of sp³-hybridized carbons (Fsp3) is 0.667. The monoisotopic (exact) mass is 211 g/mol. The first kappa shape index (κ1) is 10.1. The van der Waals surface area contributed by atoms with Crippen molar-refractivity contribution in [1.82, 2.24) is 9.80 Å². The van der Waals surface area contributed by atoms with Gasteiger partial charge in [0.25, 0.3) is 0 Å². The Bertz CT molecular complexity index is 317. The third-order valence-electron chi connectivity index (χ3n) is 3.14. The molecule has 0 aromatic carbocycles. The van der Waals surface area contributed by atoms with Crippen LogP contribution in [-0.2, 0) is 14.4 Å². The molecule has 2 atom stereocenters. The summed E-state index contributed by atoms with van der Waals surface area (Å²) in [6.45, 7) is 0.586. The normalized spacial score (nSPS) is 30.0. The van der Waals surface area contributed by atoms with Crippen LogP contribution < -0.4 is 5.73 Å². The van der Waals surface area contributed by atoms with E-state index in [2.05, 4.69) is 0 Å². The molecule has 0 unspecified atom stereocenters. The van der Waals surface area contributed by atoms with E-state index in [0.29, 0.717) is 13.1 Å². The summed E-state index contributed by atoms with van der Waals surface area (Å²) in [6, 6.07) is 0. The van der Waals surface area contributed by atoms with Crippen molar-refractivity contribution >= 4 is 17.7 Å². The van der Waals surface area contributed by atoms with Crippen molar-refractivity contribution in [3.05, 3.63) is 0 Å². The van der Waals surface area contributed by atoms with Crippen LogP contribution in [0.5, 0.6) is 0 Å². The minimum absolute atomic E-state index is 0.0718. The fourth-order valence-corrected chi connectivity index (χ4v) is 2.24. The van der Waals surface area contributed by atoms with Crippen molar-refractivity contribution in [3.63, 3.8) is 0 Å². The standard InChI is InChI=1S/C9H13N3O3/c1-11-8(14)5-3-12(7(13)2-10)4-6(5)9(11)15/h5-6H,2-4,10H2,1H3/t5-,6+. The highest BCUT2D eigenvalue weighted by atomic mass is 16.2. The lowest BCUT2D eigenvalue weighted by atomic mass is 10.00. The molecular weight excluding hydrogens is 198 g/mol. The zero-order valence-corrected chi connectivity index (χ0v) is 8.47. The molecule has 2 rings (SSSR count). The maximum absolute atomic E-state index is 11.6. The molecule has 2 saturated heterocycles. The molecule has 0 aliphatic carbocycles. The number of carbonyl (C=O) groups excluding carboxylic acids is 3. The first-order valence-electron chi connectivity index (χ1n) is 4.85. The molecule has 15 heavy (non-hydrogen) atoms. The van der Waals surface area contributed by atoms with Gasteiger partial charge in [0.15, 0.2) is 0 Å². The number of imide groups is 1. The molecule has 3 amide bonds. The maximum Gasteiger partial charge on any atom is 0.236 e. The van der Waals surface area contributed by atoms with Crippen molar-refractivity contribution in [1.29, 1.82) is 0 Å². The van der Waals surface area contributed by atoms with Gasteiger partial charge < -0.3 is 10.6 Å². The number of nitrogens with two attached hydrogens (primary N) is 1. The van der Waals surface area contributed by atoms with E-state index in [-0.39, 0.29) is 36.1 Å². The SMILES string of the molecule is CN1C(=O)[C@H]2CN(C(=O)CN)C[C@H]2C1=O. The summed E-state index contributed by atoms with van der Waals surface area (Å²) in [5.41, 5.74) is 5.23. The molecule has 2 aliphatic heterocycles. The molecule has 0 radical (unpaired) electrons. The Morgan fingerprint density at radius 1 is 1.33 bits per heavy atom. The van der Waals surface area contributed by atoms with Gasteiger partial charge in [0.1, 0.15) is 0 Å². The molecule has 6 heteroatoms. The molecule has 2 aliphatic rings. The van der Waals surface area contributed by atoms with Gasteiger partial charge in [-0.15, -0.1) is 0 Å². The van der Waals surface area contributed by atoms with Crippen LogP contribution in [0.3, 0.4) is 0 Å². The summed E-state index contributed by atoms with van der Waals surface area (Å²) < 4.78 is 0. The second-order valence-corrected chi connectivity index (χ2v) is 3.95. The summed E-state index contributed by atoms with van der Waals surface area (Å²) in [7, 11) is 1.48. The highest BCUT2D eigenvalue weighted by Crippen LogP contribution is 2.32. The Morgan fingerprint density at radius 2 is 1.80 bits per heavy atom. The Labute approximate surface area is 87.0 Å². The average Bonchev–Trinajstić information content (AvgIpc) is 2.75. The molecular formula is C9H13N3O3. The summed E-state index contributed by atoms with van der Waals surface area (Å²) in [5.74, 6) is -1.27. The van der Waals surface area contributed by atoms with Crippen LogP contribution in [0, 0.1) is 11.8 Å². The van der Waals surface area contributed by atoms with E-state index in [9.17, 15) is 14.4 Å². The summed E-state index contributed by atoms with van der Waals surface area (Å²) in [4.78, 5) is 37.1.